The molecule has 5 nitrogen and oxygen atoms in total. The van der Waals surface area contributed by atoms with E-state index in [9.17, 15) is 9.59 Å². The zero-order valence-corrected chi connectivity index (χ0v) is 12.3. The number of hydrogen-bond acceptors (Lipinski definition) is 2. The van der Waals surface area contributed by atoms with Crippen LogP contribution in [0.4, 0.5) is 4.79 Å². The van der Waals surface area contributed by atoms with Gasteiger partial charge in [0, 0.05) is 19.1 Å². The summed E-state index contributed by atoms with van der Waals surface area (Å²) in [5.41, 5.74) is 0. The van der Waals surface area contributed by atoms with E-state index < -0.39 is 5.97 Å². The Morgan fingerprint density at radius 2 is 1.90 bits per heavy atom. The van der Waals surface area contributed by atoms with Gasteiger partial charge in [-0.2, -0.15) is 0 Å². The van der Waals surface area contributed by atoms with Crippen LogP contribution in [0.2, 0.25) is 0 Å². The lowest BCUT2D eigenvalue weighted by atomic mass is 9.93. The maximum atomic E-state index is 12.2. The van der Waals surface area contributed by atoms with E-state index in [1.807, 2.05) is 4.90 Å². The van der Waals surface area contributed by atoms with E-state index in [1.54, 1.807) is 0 Å². The zero-order valence-electron chi connectivity index (χ0n) is 12.3. The second kappa shape index (κ2) is 6.95. The number of amides is 2. The number of piperidine rings is 1. The van der Waals surface area contributed by atoms with E-state index in [4.69, 9.17) is 5.11 Å². The number of aliphatic carboxylic acids is 1. The van der Waals surface area contributed by atoms with Gasteiger partial charge in [-0.3, -0.25) is 4.79 Å². The van der Waals surface area contributed by atoms with Gasteiger partial charge in [-0.05, 0) is 38.0 Å². The maximum Gasteiger partial charge on any atom is 0.317 e. The molecule has 114 valence electrons. The van der Waals surface area contributed by atoms with Crippen LogP contribution < -0.4 is 5.32 Å². The molecule has 2 rings (SSSR count). The first-order valence-electron chi connectivity index (χ1n) is 7.88. The molecular formula is C15H26N2O3. The number of likely N-dealkylation sites (tertiary alicyclic amines) is 1. The van der Waals surface area contributed by atoms with Gasteiger partial charge in [-0.15, -0.1) is 0 Å². The lowest BCUT2D eigenvalue weighted by Crippen LogP contribution is -2.47. The fraction of sp³-hybridized carbons (Fsp3) is 0.867. The lowest BCUT2D eigenvalue weighted by Gasteiger charge is -2.32. The Morgan fingerprint density at radius 1 is 1.20 bits per heavy atom. The van der Waals surface area contributed by atoms with Crippen molar-refractivity contribution >= 4 is 12.0 Å². The van der Waals surface area contributed by atoms with Crippen molar-refractivity contribution < 1.29 is 14.7 Å². The Hall–Kier alpha value is -1.26. The van der Waals surface area contributed by atoms with Crippen LogP contribution >= 0.6 is 0 Å². The van der Waals surface area contributed by atoms with Crippen molar-refractivity contribution in [2.45, 2.75) is 57.9 Å². The molecule has 0 aromatic rings. The number of nitrogens with zero attached hydrogens (tertiary/aromatic N) is 1. The van der Waals surface area contributed by atoms with Crippen molar-refractivity contribution in [1.82, 2.24) is 10.2 Å². The largest absolute Gasteiger partial charge is 0.481 e. The summed E-state index contributed by atoms with van der Waals surface area (Å²) in [6, 6.07) is 0.0351. The lowest BCUT2D eigenvalue weighted by molar-refractivity contribution is -0.141. The molecule has 2 fully saturated rings. The molecule has 0 bridgehead atoms. The second-order valence-electron chi connectivity index (χ2n) is 6.21. The molecule has 1 saturated carbocycles. The smallest absolute Gasteiger partial charge is 0.317 e. The fourth-order valence-electron chi connectivity index (χ4n) is 3.44. The predicted molar refractivity (Wildman–Crippen MR) is 76.5 cm³/mol. The number of nitrogens with one attached hydrogen (secondary N) is 1. The Kier molecular flexibility index (Phi) is 5.26. The number of hydrogen-bond donors (Lipinski definition) is 2. The molecule has 0 radical (unpaired) electrons. The second-order valence-corrected chi connectivity index (χ2v) is 6.21. The summed E-state index contributed by atoms with van der Waals surface area (Å²) in [6.07, 6.45) is 6.72. The first-order valence-corrected chi connectivity index (χ1v) is 7.88. The van der Waals surface area contributed by atoms with E-state index >= 15 is 0 Å². The molecule has 1 aliphatic carbocycles. The summed E-state index contributed by atoms with van der Waals surface area (Å²) >= 11 is 0. The highest BCUT2D eigenvalue weighted by Gasteiger charge is 2.32. The Balaban J connectivity index is 1.72. The number of carbonyl (C=O) groups is 2. The van der Waals surface area contributed by atoms with Gasteiger partial charge in [0.1, 0.15) is 0 Å². The topological polar surface area (TPSA) is 69.6 Å². The van der Waals surface area contributed by atoms with E-state index in [2.05, 4.69) is 12.2 Å². The fourth-order valence-corrected chi connectivity index (χ4v) is 3.44. The standard InChI is InChI=1S/C15H26N2O3/c1-2-3-11-6-8-17(9-7-11)15(20)16-13-5-4-12(10-13)14(18)19/h11-13H,2-10H2,1H3,(H,16,20)(H,18,19). The maximum absolute atomic E-state index is 12.2. The van der Waals surface area contributed by atoms with Crippen molar-refractivity contribution in [3.05, 3.63) is 0 Å². The molecule has 2 N–H and O–H groups in total. The normalized spacial score (nSPS) is 27.6. The third-order valence-corrected chi connectivity index (χ3v) is 4.71. The zero-order chi connectivity index (χ0) is 14.5. The van der Waals surface area contributed by atoms with Gasteiger partial charge >= 0.3 is 12.0 Å². The summed E-state index contributed by atoms with van der Waals surface area (Å²) in [4.78, 5) is 25.0. The minimum Gasteiger partial charge on any atom is -0.481 e. The predicted octanol–water partition coefficient (Wildman–Crippen LogP) is 2.46. The van der Waals surface area contributed by atoms with Crippen LogP contribution in [0.1, 0.15) is 51.9 Å². The summed E-state index contributed by atoms with van der Waals surface area (Å²) in [7, 11) is 0. The van der Waals surface area contributed by atoms with Crippen LogP contribution in [0.25, 0.3) is 0 Å². The summed E-state index contributed by atoms with van der Waals surface area (Å²) < 4.78 is 0. The molecule has 0 aromatic carbocycles. The van der Waals surface area contributed by atoms with Crippen molar-refractivity contribution in [3.63, 3.8) is 0 Å². The van der Waals surface area contributed by atoms with Crippen molar-refractivity contribution in [1.29, 1.82) is 0 Å². The molecule has 2 amide bonds. The van der Waals surface area contributed by atoms with Crippen LogP contribution in [0, 0.1) is 11.8 Å². The number of carbonyl (C=O) groups excluding carboxylic acids is 1. The Morgan fingerprint density at radius 3 is 2.45 bits per heavy atom. The van der Waals surface area contributed by atoms with E-state index in [0.717, 1.165) is 38.3 Å². The Labute approximate surface area is 120 Å². The van der Waals surface area contributed by atoms with Crippen LogP contribution in [0.15, 0.2) is 0 Å². The molecule has 0 aromatic heterocycles. The van der Waals surface area contributed by atoms with E-state index in [-0.39, 0.29) is 18.0 Å². The number of carboxylic acid groups (broad SMARTS) is 1. The van der Waals surface area contributed by atoms with Gasteiger partial charge in [0.2, 0.25) is 0 Å². The molecule has 5 heteroatoms. The first-order chi connectivity index (χ1) is 9.60. The number of carboxylic acids is 1. The van der Waals surface area contributed by atoms with Crippen LogP contribution in [-0.2, 0) is 4.79 Å². The molecule has 1 heterocycles. The quantitative estimate of drug-likeness (QED) is 0.832. The average Bonchev–Trinajstić information content (AvgIpc) is 2.88. The molecule has 0 spiro atoms. The monoisotopic (exact) mass is 282 g/mol. The molecule has 2 aliphatic rings. The third-order valence-electron chi connectivity index (χ3n) is 4.71. The number of rotatable bonds is 4. The van der Waals surface area contributed by atoms with Gasteiger partial charge in [0.25, 0.3) is 0 Å². The summed E-state index contributed by atoms with van der Waals surface area (Å²) in [6.45, 7) is 3.88. The molecule has 1 aliphatic heterocycles. The van der Waals surface area contributed by atoms with E-state index in [1.165, 1.54) is 12.8 Å². The SMILES string of the molecule is CCCC1CCN(C(=O)NC2CCC(C(=O)O)C2)CC1. The van der Waals surface area contributed by atoms with Crippen LogP contribution in [-0.4, -0.2) is 41.1 Å². The molecule has 20 heavy (non-hydrogen) atoms. The van der Waals surface area contributed by atoms with E-state index in [0.29, 0.717) is 12.8 Å². The highest BCUT2D eigenvalue weighted by molar-refractivity contribution is 5.75. The highest BCUT2D eigenvalue weighted by Crippen LogP contribution is 2.26. The van der Waals surface area contributed by atoms with Crippen LogP contribution in [0.5, 0.6) is 0 Å². The molecular weight excluding hydrogens is 256 g/mol. The van der Waals surface area contributed by atoms with Gasteiger partial charge in [0.05, 0.1) is 5.92 Å². The minimum atomic E-state index is -0.734. The van der Waals surface area contributed by atoms with Crippen molar-refractivity contribution in [2.24, 2.45) is 11.8 Å². The summed E-state index contributed by atoms with van der Waals surface area (Å²) in [5, 5.41) is 12.0. The molecule has 1 saturated heterocycles. The van der Waals surface area contributed by atoms with Crippen molar-refractivity contribution in [3.8, 4) is 0 Å². The summed E-state index contributed by atoms with van der Waals surface area (Å²) in [5.74, 6) is -0.246. The molecule has 2 unspecified atom stereocenters. The van der Waals surface area contributed by atoms with Gasteiger partial charge in [-0.25, -0.2) is 4.79 Å². The minimum absolute atomic E-state index is 0.00372. The number of urea groups is 1. The third kappa shape index (κ3) is 3.87. The molecule has 2 atom stereocenters. The van der Waals surface area contributed by atoms with Gasteiger partial charge < -0.3 is 15.3 Å². The highest BCUT2D eigenvalue weighted by atomic mass is 16.4. The first kappa shape index (κ1) is 15.1. The Bertz CT molecular complexity index is 351. The van der Waals surface area contributed by atoms with Gasteiger partial charge in [-0.1, -0.05) is 19.8 Å². The van der Waals surface area contributed by atoms with Gasteiger partial charge in [0.15, 0.2) is 0 Å². The van der Waals surface area contributed by atoms with Crippen molar-refractivity contribution in [2.75, 3.05) is 13.1 Å². The average molecular weight is 282 g/mol. The van der Waals surface area contributed by atoms with Crippen LogP contribution in [0.3, 0.4) is 0 Å².